The minimum atomic E-state index is -0.688. The number of halogens is 2. The Morgan fingerprint density at radius 3 is 2.67 bits per heavy atom. The van der Waals surface area contributed by atoms with Crippen LogP contribution in [0.15, 0.2) is 73.7 Å². The van der Waals surface area contributed by atoms with Crippen LogP contribution in [0.25, 0.3) is 27.9 Å². The molecule has 1 aliphatic rings. The maximum atomic E-state index is 15.3. The van der Waals surface area contributed by atoms with Crippen molar-refractivity contribution < 1.29 is 18.6 Å². The summed E-state index contributed by atoms with van der Waals surface area (Å²) in [4.78, 5) is 0. The molecule has 4 aromatic heterocycles. The standard InChI is InChI=1S/C26H22ClFN8O3/c27-21-4-6-23(35-16-29-31-32-35)25(26(21)28)18-3-5-22(36(38)15-18)24(12-20-2-1-11-39-20)34-14-19(13-30-34)17-7-9-33(37)10-8-17/h3-10,13-16,20,24H,1-2,11-12H2. The van der Waals surface area contributed by atoms with E-state index in [2.05, 4.69) is 20.6 Å². The van der Waals surface area contributed by atoms with Crippen LogP contribution < -0.4 is 9.46 Å². The van der Waals surface area contributed by atoms with Gasteiger partial charge >= 0.3 is 0 Å². The lowest BCUT2D eigenvalue weighted by atomic mass is 10.0. The van der Waals surface area contributed by atoms with E-state index in [0.717, 1.165) is 28.7 Å². The zero-order chi connectivity index (χ0) is 26.9. The highest BCUT2D eigenvalue weighted by Crippen LogP contribution is 2.34. The van der Waals surface area contributed by atoms with Gasteiger partial charge in [0.2, 0.25) is 5.69 Å². The van der Waals surface area contributed by atoms with Crippen LogP contribution in [0.4, 0.5) is 4.39 Å². The molecule has 39 heavy (non-hydrogen) atoms. The monoisotopic (exact) mass is 548 g/mol. The SMILES string of the molecule is [O-][n+]1ccc(-c2cnn(C(CC3CCCO3)c3ccc(-c4c(-n5cnnn5)ccc(Cl)c4F)c[n+]3[O-])c2)cc1. The third-order valence-electron chi connectivity index (χ3n) is 6.81. The molecular formula is C26H22ClFN8O3. The van der Waals surface area contributed by atoms with E-state index in [9.17, 15) is 10.4 Å². The van der Waals surface area contributed by atoms with Crippen molar-refractivity contribution in [1.29, 1.82) is 0 Å². The van der Waals surface area contributed by atoms with Crippen molar-refractivity contribution >= 4 is 11.6 Å². The molecule has 0 saturated carbocycles. The number of hydrogen-bond acceptors (Lipinski definition) is 7. The summed E-state index contributed by atoms with van der Waals surface area (Å²) in [6.07, 6.45) is 11.3. The lowest BCUT2D eigenvalue weighted by Crippen LogP contribution is -2.36. The average Bonchev–Trinajstić information content (AvgIpc) is 3.73. The Morgan fingerprint density at radius 1 is 1.10 bits per heavy atom. The van der Waals surface area contributed by atoms with Gasteiger partial charge in [-0.1, -0.05) is 11.6 Å². The van der Waals surface area contributed by atoms with Gasteiger partial charge in [0, 0.05) is 43.0 Å². The molecule has 1 saturated heterocycles. The normalized spacial score (nSPS) is 16.0. The molecule has 0 spiro atoms. The lowest BCUT2D eigenvalue weighted by molar-refractivity contribution is -0.615. The van der Waals surface area contributed by atoms with Gasteiger partial charge in [-0.2, -0.15) is 19.2 Å². The number of benzene rings is 1. The molecule has 2 unspecified atom stereocenters. The van der Waals surface area contributed by atoms with Crippen LogP contribution in [-0.4, -0.2) is 42.7 Å². The van der Waals surface area contributed by atoms with E-state index >= 15 is 4.39 Å². The van der Waals surface area contributed by atoms with Gasteiger partial charge in [-0.3, -0.25) is 4.68 Å². The van der Waals surface area contributed by atoms with Gasteiger partial charge in [-0.05, 0) is 47.0 Å². The van der Waals surface area contributed by atoms with Crippen molar-refractivity contribution in [3.05, 3.63) is 101 Å². The first-order valence-electron chi connectivity index (χ1n) is 12.3. The first-order valence-corrected chi connectivity index (χ1v) is 12.7. The molecule has 0 N–H and O–H groups in total. The first-order chi connectivity index (χ1) is 19.0. The van der Waals surface area contributed by atoms with Crippen molar-refractivity contribution in [1.82, 2.24) is 30.0 Å². The molecule has 0 bridgehead atoms. The van der Waals surface area contributed by atoms with Gasteiger partial charge in [0.05, 0.1) is 34.1 Å². The predicted octanol–water partition coefficient (Wildman–Crippen LogP) is 3.41. The van der Waals surface area contributed by atoms with Crippen molar-refractivity contribution in [3.8, 4) is 27.9 Å². The molecule has 5 aromatic rings. The number of hydrogen-bond donors (Lipinski definition) is 0. The molecule has 0 amide bonds. The second kappa shape index (κ2) is 10.4. The number of nitrogens with zero attached hydrogens (tertiary/aromatic N) is 8. The Kier molecular flexibility index (Phi) is 6.63. The fourth-order valence-electron chi connectivity index (χ4n) is 4.88. The van der Waals surface area contributed by atoms with E-state index in [1.165, 1.54) is 35.7 Å². The van der Waals surface area contributed by atoms with Crippen LogP contribution in [0, 0.1) is 16.2 Å². The van der Waals surface area contributed by atoms with E-state index in [1.807, 2.05) is 6.20 Å². The van der Waals surface area contributed by atoms with E-state index in [1.54, 1.807) is 41.2 Å². The smallest absolute Gasteiger partial charge is 0.217 e. The molecule has 198 valence electrons. The van der Waals surface area contributed by atoms with Gasteiger partial charge in [0.1, 0.15) is 12.4 Å². The zero-order valence-corrected chi connectivity index (χ0v) is 21.2. The number of aromatic nitrogens is 8. The molecule has 13 heteroatoms. The molecule has 2 atom stereocenters. The van der Waals surface area contributed by atoms with Crippen LogP contribution in [-0.2, 0) is 4.74 Å². The second-order valence-corrected chi connectivity index (χ2v) is 9.63. The van der Waals surface area contributed by atoms with E-state index in [4.69, 9.17) is 16.3 Å². The Labute approximate surface area is 226 Å². The summed E-state index contributed by atoms with van der Waals surface area (Å²) >= 11 is 6.09. The van der Waals surface area contributed by atoms with Gasteiger partial charge in [-0.25, -0.2) is 4.39 Å². The Bertz CT molecular complexity index is 1600. The molecule has 1 fully saturated rings. The highest BCUT2D eigenvalue weighted by molar-refractivity contribution is 6.31. The zero-order valence-electron chi connectivity index (χ0n) is 20.5. The summed E-state index contributed by atoms with van der Waals surface area (Å²) in [5.41, 5.74) is 2.79. The Balaban J connectivity index is 1.40. The van der Waals surface area contributed by atoms with Gasteiger partial charge < -0.3 is 15.2 Å². The van der Waals surface area contributed by atoms with Crippen LogP contribution >= 0.6 is 11.6 Å². The highest BCUT2D eigenvalue weighted by Gasteiger charge is 2.30. The summed E-state index contributed by atoms with van der Waals surface area (Å²) in [6.45, 7) is 0.672. The topological polar surface area (TPSA) is 125 Å². The van der Waals surface area contributed by atoms with Crippen molar-refractivity contribution in [2.24, 2.45) is 0 Å². The highest BCUT2D eigenvalue weighted by atomic mass is 35.5. The number of tetrazole rings is 1. The summed E-state index contributed by atoms with van der Waals surface area (Å²) in [5.74, 6) is -0.688. The fourth-order valence-corrected chi connectivity index (χ4v) is 5.04. The molecular weight excluding hydrogens is 527 g/mol. The number of rotatable bonds is 7. The number of pyridine rings is 2. The minimum absolute atomic E-state index is 0.0322. The predicted molar refractivity (Wildman–Crippen MR) is 137 cm³/mol. The Hall–Kier alpha value is -4.42. The summed E-state index contributed by atoms with van der Waals surface area (Å²) in [5, 5.41) is 40.5. The molecule has 11 nitrogen and oxygen atoms in total. The van der Waals surface area contributed by atoms with Gasteiger partial charge in [0.25, 0.3) is 0 Å². The lowest BCUT2D eigenvalue weighted by Gasteiger charge is -2.21. The van der Waals surface area contributed by atoms with Crippen LogP contribution in [0.2, 0.25) is 5.02 Å². The van der Waals surface area contributed by atoms with Crippen molar-refractivity contribution in [3.63, 3.8) is 0 Å². The largest absolute Gasteiger partial charge is 0.619 e. The number of ether oxygens (including phenoxy) is 1. The fraction of sp³-hybridized carbons (Fsp3) is 0.231. The first kappa shape index (κ1) is 24.9. The molecule has 1 aliphatic heterocycles. The molecule has 6 rings (SSSR count). The van der Waals surface area contributed by atoms with Crippen LogP contribution in [0.3, 0.4) is 0 Å². The molecule has 1 aromatic carbocycles. The maximum Gasteiger partial charge on any atom is 0.217 e. The van der Waals surface area contributed by atoms with Crippen molar-refractivity contribution in [2.75, 3.05) is 6.61 Å². The maximum absolute atomic E-state index is 15.3. The van der Waals surface area contributed by atoms with Crippen LogP contribution in [0.5, 0.6) is 0 Å². The quantitative estimate of drug-likeness (QED) is 0.225. The summed E-state index contributed by atoms with van der Waals surface area (Å²) in [7, 11) is 0. The van der Waals surface area contributed by atoms with E-state index in [0.29, 0.717) is 34.7 Å². The van der Waals surface area contributed by atoms with Crippen LogP contribution in [0.1, 0.15) is 31.0 Å². The summed E-state index contributed by atoms with van der Waals surface area (Å²) < 4.78 is 25.6. The molecule has 0 aliphatic carbocycles. The molecule has 0 radical (unpaired) electrons. The van der Waals surface area contributed by atoms with Gasteiger partial charge in [0.15, 0.2) is 24.4 Å². The van der Waals surface area contributed by atoms with Gasteiger partial charge in [-0.15, -0.1) is 5.10 Å². The van der Waals surface area contributed by atoms with Crippen molar-refractivity contribution in [2.45, 2.75) is 31.4 Å². The third-order valence-corrected chi connectivity index (χ3v) is 7.10. The second-order valence-electron chi connectivity index (χ2n) is 9.22. The summed E-state index contributed by atoms with van der Waals surface area (Å²) in [6, 6.07) is 9.28. The van der Waals surface area contributed by atoms with E-state index < -0.39 is 11.9 Å². The average molecular weight is 549 g/mol. The third kappa shape index (κ3) is 4.91. The molecule has 5 heterocycles. The Morgan fingerprint density at radius 2 is 1.95 bits per heavy atom. The van der Waals surface area contributed by atoms with E-state index in [-0.39, 0.29) is 16.7 Å². The minimum Gasteiger partial charge on any atom is -0.619 e.